The highest BCUT2D eigenvalue weighted by molar-refractivity contribution is 5.77. The van der Waals surface area contributed by atoms with Crippen molar-refractivity contribution in [1.82, 2.24) is 0 Å². The molecule has 142 valence electrons. The Balaban J connectivity index is 2.77. The maximum atomic E-state index is 12.0. The predicted molar refractivity (Wildman–Crippen MR) is 100 cm³/mol. The Morgan fingerprint density at radius 1 is 1.44 bits per heavy atom. The molecule has 0 radical (unpaired) electrons. The highest BCUT2D eigenvalue weighted by Crippen LogP contribution is 2.42. The van der Waals surface area contributed by atoms with Crippen molar-refractivity contribution in [3.05, 3.63) is 23.3 Å². The lowest BCUT2D eigenvalue weighted by molar-refractivity contribution is -0.171. The number of esters is 1. The Labute approximate surface area is 152 Å². The molecule has 25 heavy (non-hydrogen) atoms. The second kappa shape index (κ2) is 9.79. The lowest BCUT2D eigenvalue weighted by Gasteiger charge is -2.39. The van der Waals surface area contributed by atoms with Crippen LogP contribution in [-0.2, 0) is 14.3 Å². The van der Waals surface area contributed by atoms with E-state index in [2.05, 4.69) is 26.0 Å². The number of rotatable bonds is 9. The summed E-state index contributed by atoms with van der Waals surface area (Å²) >= 11 is 0. The first-order valence-electron chi connectivity index (χ1n) is 9.45. The molecule has 4 heteroatoms. The van der Waals surface area contributed by atoms with Gasteiger partial charge in [0.1, 0.15) is 11.5 Å². The van der Waals surface area contributed by atoms with Crippen LogP contribution in [0.1, 0.15) is 79.6 Å². The molecule has 0 heterocycles. The molecule has 3 unspecified atom stereocenters. The molecular formula is C21H34O4. The topological polar surface area (TPSA) is 63.6 Å². The molecule has 0 aliphatic heterocycles. The molecule has 0 saturated heterocycles. The van der Waals surface area contributed by atoms with Crippen LogP contribution in [0, 0.1) is 11.3 Å². The minimum atomic E-state index is -1.05. The number of ether oxygens (including phenoxy) is 1. The van der Waals surface area contributed by atoms with E-state index < -0.39 is 17.5 Å². The normalized spacial score (nSPS) is 20.8. The van der Waals surface area contributed by atoms with Crippen LogP contribution in [0.25, 0.3) is 0 Å². The monoisotopic (exact) mass is 350 g/mol. The molecular weight excluding hydrogens is 316 g/mol. The van der Waals surface area contributed by atoms with Crippen LogP contribution in [0.4, 0.5) is 0 Å². The maximum absolute atomic E-state index is 12.0. The van der Waals surface area contributed by atoms with Crippen LogP contribution in [0.3, 0.4) is 0 Å². The van der Waals surface area contributed by atoms with Gasteiger partial charge in [-0.1, -0.05) is 30.2 Å². The molecule has 1 aliphatic carbocycles. The summed E-state index contributed by atoms with van der Waals surface area (Å²) in [6.45, 7) is 9.56. The number of carboxylic acid groups (broad SMARTS) is 1. The van der Waals surface area contributed by atoms with Gasteiger partial charge in [-0.2, -0.15) is 0 Å². The highest BCUT2D eigenvalue weighted by atomic mass is 16.5. The first-order valence-corrected chi connectivity index (χ1v) is 9.45. The lowest BCUT2D eigenvalue weighted by Crippen LogP contribution is -2.47. The Bertz CT molecular complexity index is 528. The molecule has 3 atom stereocenters. The van der Waals surface area contributed by atoms with Crippen molar-refractivity contribution >= 4 is 11.9 Å². The van der Waals surface area contributed by atoms with E-state index >= 15 is 0 Å². The molecule has 0 fully saturated rings. The molecule has 1 N–H and O–H groups in total. The van der Waals surface area contributed by atoms with E-state index in [1.807, 2.05) is 6.92 Å². The zero-order valence-electron chi connectivity index (χ0n) is 16.4. The van der Waals surface area contributed by atoms with Crippen LogP contribution >= 0.6 is 0 Å². The van der Waals surface area contributed by atoms with Gasteiger partial charge >= 0.3 is 11.9 Å². The number of hydrogen-bond acceptors (Lipinski definition) is 3. The molecule has 1 rings (SSSR count). The van der Waals surface area contributed by atoms with Crippen molar-refractivity contribution in [1.29, 1.82) is 0 Å². The summed E-state index contributed by atoms with van der Waals surface area (Å²) in [7, 11) is 0. The van der Waals surface area contributed by atoms with Gasteiger partial charge in [-0.3, -0.25) is 9.59 Å². The van der Waals surface area contributed by atoms with Gasteiger partial charge in [0.05, 0.1) is 0 Å². The lowest BCUT2D eigenvalue weighted by atomic mass is 9.67. The highest BCUT2D eigenvalue weighted by Gasteiger charge is 2.48. The van der Waals surface area contributed by atoms with E-state index in [9.17, 15) is 14.7 Å². The van der Waals surface area contributed by atoms with Gasteiger partial charge in [0.2, 0.25) is 0 Å². The third kappa shape index (κ3) is 6.02. The molecule has 0 aromatic rings. The molecule has 1 aliphatic rings. The van der Waals surface area contributed by atoms with Crippen molar-refractivity contribution in [3.63, 3.8) is 0 Å². The molecule has 0 saturated carbocycles. The summed E-state index contributed by atoms with van der Waals surface area (Å²) in [5.74, 6) is -1.20. The van der Waals surface area contributed by atoms with Gasteiger partial charge in [-0.25, -0.2) is 0 Å². The third-order valence-corrected chi connectivity index (χ3v) is 5.44. The molecule has 0 aromatic carbocycles. The Hall–Kier alpha value is -1.58. The van der Waals surface area contributed by atoms with Crippen molar-refractivity contribution in [2.45, 2.75) is 85.7 Å². The SMILES string of the molecule is CCCC(=O)OC(C)C(C)(C(=O)O)C1CC=C(CCC=C(C)C)CC1. The van der Waals surface area contributed by atoms with Gasteiger partial charge in [0.25, 0.3) is 0 Å². The summed E-state index contributed by atoms with van der Waals surface area (Å²) < 4.78 is 5.44. The Morgan fingerprint density at radius 2 is 2.12 bits per heavy atom. The van der Waals surface area contributed by atoms with Crippen molar-refractivity contribution in [2.75, 3.05) is 0 Å². The number of carbonyl (C=O) groups is 2. The van der Waals surface area contributed by atoms with E-state index in [0.717, 1.165) is 32.1 Å². The average molecular weight is 350 g/mol. The zero-order valence-corrected chi connectivity index (χ0v) is 16.4. The Morgan fingerprint density at radius 3 is 2.60 bits per heavy atom. The minimum absolute atomic E-state index is 0.0124. The number of aliphatic carboxylic acids is 1. The first-order chi connectivity index (χ1) is 11.7. The van der Waals surface area contributed by atoms with Crippen LogP contribution in [0.15, 0.2) is 23.3 Å². The van der Waals surface area contributed by atoms with Crippen molar-refractivity contribution < 1.29 is 19.4 Å². The van der Waals surface area contributed by atoms with Crippen LogP contribution in [0.2, 0.25) is 0 Å². The van der Waals surface area contributed by atoms with E-state index in [0.29, 0.717) is 12.8 Å². The second-order valence-electron chi connectivity index (χ2n) is 7.62. The molecule has 0 amide bonds. The number of allylic oxidation sites excluding steroid dienone is 4. The fraction of sp³-hybridized carbons (Fsp3) is 0.714. The van der Waals surface area contributed by atoms with Gasteiger partial charge < -0.3 is 9.84 Å². The third-order valence-electron chi connectivity index (χ3n) is 5.44. The number of carbonyl (C=O) groups excluding carboxylic acids is 1. The van der Waals surface area contributed by atoms with E-state index in [-0.39, 0.29) is 11.9 Å². The Kier molecular flexibility index (Phi) is 8.40. The quantitative estimate of drug-likeness (QED) is 0.454. The molecule has 0 aromatic heterocycles. The van der Waals surface area contributed by atoms with Gasteiger partial charge in [0.15, 0.2) is 0 Å². The fourth-order valence-corrected chi connectivity index (χ4v) is 3.47. The standard InChI is InChI=1S/C21H34O4/c1-6-8-19(22)25-16(4)21(5,20(23)24)18-13-11-17(12-14-18)10-7-9-15(2)3/h9,11,16,18H,6-8,10,12-14H2,1-5H3,(H,23,24). The van der Waals surface area contributed by atoms with E-state index in [1.165, 1.54) is 11.1 Å². The smallest absolute Gasteiger partial charge is 0.313 e. The summed E-state index contributed by atoms with van der Waals surface area (Å²) in [5.41, 5.74) is 1.69. The van der Waals surface area contributed by atoms with E-state index in [4.69, 9.17) is 4.74 Å². The van der Waals surface area contributed by atoms with Crippen molar-refractivity contribution in [2.24, 2.45) is 11.3 Å². The van der Waals surface area contributed by atoms with Gasteiger partial charge in [-0.05, 0) is 72.1 Å². The van der Waals surface area contributed by atoms with Crippen LogP contribution in [0.5, 0.6) is 0 Å². The summed E-state index contributed by atoms with van der Waals surface area (Å²) in [6.07, 6.45) is 9.44. The van der Waals surface area contributed by atoms with Crippen LogP contribution in [-0.4, -0.2) is 23.1 Å². The second-order valence-corrected chi connectivity index (χ2v) is 7.62. The summed E-state index contributed by atoms with van der Waals surface area (Å²) in [4.78, 5) is 23.8. The maximum Gasteiger partial charge on any atom is 0.313 e. The summed E-state index contributed by atoms with van der Waals surface area (Å²) in [5, 5.41) is 9.85. The molecule has 4 nitrogen and oxygen atoms in total. The average Bonchev–Trinajstić information content (AvgIpc) is 2.54. The van der Waals surface area contributed by atoms with Crippen molar-refractivity contribution in [3.8, 4) is 0 Å². The number of hydrogen-bond donors (Lipinski definition) is 1. The summed E-state index contributed by atoms with van der Waals surface area (Å²) in [6, 6.07) is 0. The van der Waals surface area contributed by atoms with Crippen LogP contribution < -0.4 is 0 Å². The zero-order chi connectivity index (χ0) is 19.0. The minimum Gasteiger partial charge on any atom is -0.481 e. The first kappa shape index (κ1) is 21.5. The van der Waals surface area contributed by atoms with Gasteiger partial charge in [0, 0.05) is 6.42 Å². The molecule has 0 spiro atoms. The van der Waals surface area contributed by atoms with Gasteiger partial charge in [-0.15, -0.1) is 0 Å². The fourth-order valence-electron chi connectivity index (χ4n) is 3.47. The number of carboxylic acids is 1. The van der Waals surface area contributed by atoms with E-state index in [1.54, 1.807) is 13.8 Å². The predicted octanol–water partition coefficient (Wildman–Crippen LogP) is 5.28. The molecule has 0 bridgehead atoms. The largest absolute Gasteiger partial charge is 0.481 e.